The van der Waals surface area contributed by atoms with Crippen LogP contribution in [0, 0.1) is 10.1 Å². The zero-order valence-electron chi connectivity index (χ0n) is 18.2. The highest BCUT2D eigenvalue weighted by Crippen LogP contribution is 2.17. The Balaban J connectivity index is 0.00000363. The van der Waals surface area contributed by atoms with Crippen LogP contribution in [0.3, 0.4) is 0 Å². The minimum absolute atomic E-state index is 0. The molecule has 172 valence electrons. The van der Waals surface area contributed by atoms with Gasteiger partial charge in [0, 0.05) is 55.5 Å². The Morgan fingerprint density at radius 3 is 2.62 bits per heavy atom. The molecule has 0 spiro atoms. The molecule has 0 atom stereocenters. The van der Waals surface area contributed by atoms with E-state index in [4.69, 9.17) is 4.74 Å². The molecule has 0 amide bonds. The summed E-state index contributed by atoms with van der Waals surface area (Å²) < 4.78 is 5.39. The van der Waals surface area contributed by atoms with E-state index in [-0.39, 0.29) is 29.7 Å². The van der Waals surface area contributed by atoms with Crippen LogP contribution in [0.4, 0.5) is 5.69 Å². The van der Waals surface area contributed by atoms with Crippen molar-refractivity contribution < 1.29 is 9.66 Å². The average Bonchev–Trinajstić information content (AvgIpc) is 3.20. The standard InChI is InChI=1S/C23H29N5O3.HI/c1-2-31-15-5-13-24-23(27-16-18-8-10-20(11-9-18)28(29)30)25-14-12-19-17-26-22-7-4-3-6-21(19)22;/h3-4,6-11,17,26H,2,5,12-16H2,1H3,(H2,24,25,27);1H. The Kier molecular flexibility index (Phi) is 10.9. The SMILES string of the molecule is CCOCCCNC(=NCc1ccc([N+](=O)[O-])cc1)NCCc1c[nH]c2ccccc12.I. The van der Waals surface area contributed by atoms with Crippen molar-refractivity contribution in [1.29, 1.82) is 0 Å². The molecular weight excluding hydrogens is 521 g/mol. The second-order valence-electron chi connectivity index (χ2n) is 7.10. The summed E-state index contributed by atoms with van der Waals surface area (Å²) in [7, 11) is 0. The highest BCUT2D eigenvalue weighted by atomic mass is 127. The molecule has 0 saturated heterocycles. The van der Waals surface area contributed by atoms with Gasteiger partial charge in [0.1, 0.15) is 0 Å². The monoisotopic (exact) mass is 551 g/mol. The second-order valence-corrected chi connectivity index (χ2v) is 7.10. The number of hydrogen-bond donors (Lipinski definition) is 3. The molecule has 0 radical (unpaired) electrons. The molecule has 8 nitrogen and oxygen atoms in total. The van der Waals surface area contributed by atoms with E-state index in [2.05, 4.69) is 38.9 Å². The van der Waals surface area contributed by atoms with Gasteiger partial charge >= 0.3 is 0 Å². The zero-order valence-corrected chi connectivity index (χ0v) is 20.5. The highest BCUT2D eigenvalue weighted by Gasteiger charge is 2.06. The number of H-pyrrole nitrogens is 1. The van der Waals surface area contributed by atoms with Crippen LogP contribution in [0.15, 0.2) is 59.7 Å². The van der Waals surface area contributed by atoms with Gasteiger partial charge in [-0.1, -0.05) is 30.3 Å². The minimum Gasteiger partial charge on any atom is -0.382 e. The molecule has 3 rings (SSSR count). The summed E-state index contributed by atoms with van der Waals surface area (Å²) in [6.07, 6.45) is 3.80. The Labute approximate surface area is 205 Å². The quantitative estimate of drug-likeness (QED) is 0.0819. The fourth-order valence-electron chi connectivity index (χ4n) is 3.25. The van der Waals surface area contributed by atoms with Crippen molar-refractivity contribution in [3.05, 3.63) is 76.0 Å². The number of nitro groups is 1. The average molecular weight is 551 g/mol. The molecule has 1 aromatic heterocycles. The number of nitro benzene ring substituents is 1. The molecule has 3 aromatic rings. The Bertz CT molecular complexity index is 1000. The molecule has 0 bridgehead atoms. The van der Waals surface area contributed by atoms with Crippen LogP contribution in [0.2, 0.25) is 0 Å². The number of guanidine groups is 1. The predicted octanol–water partition coefficient (Wildman–Crippen LogP) is 4.40. The topological polar surface area (TPSA) is 105 Å². The third-order valence-electron chi connectivity index (χ3n) is 4.89. The van der Waals surface area contributed by atoms with Crippen molar-refractivity contribution >= 4 is 46.5 Å². The summed E-state index contributed by atoms with van der Waals surface area (Å²) in [5.41, 5.74) is 3.39. The first-order valence-corrected chi connectivity index (χ1v) is 10.6. The molecule has 0 aliphatic carbocycles. The number of rotatable bonds is 11. The lowest BCUT2D eigenvalue weighted by Crippen LogP contribution is -2.39. The normalized spacial score (nSPS) is 11.2. The van der Waals surface area contributed by atoms with Crippen molar-refractivity contribution in [2.24, 2.45) is 4.99 Å². The number of nitrogens with zero attached hydrogens (tertiary/aromatic N) is 2. The van der Waals surface area contributed by atoms with Crippen molar-refractivity contribution in [2.45, 2.75) is 26.3 Å². The lowest BCUT2D eigenvalue weighted by molar-refractivity contribution is -0.384. The van der Waals surface area contributed by atoms with E-state index in [0.29, 0.717) is 19.8 Å². The Hall–Kier alpha value is -2.66. The highest BCUT2D eigenvalue weighted by molar-refractivity contribution is 14.0. The van der Waals surface area contributed by atoms with E-state index >= 15 is 0 Å². The number of benzene rings is 2. The van der Waals surface area contributed by atoms with Gasteiger partial charge in [0.25, 0.3) is 5.69 Å². The van der Waals surface area contributed by atoms with Crippen LogP contribution >= 0.6 is 24.0 Å². The first-order chi connectivity index (χ1) is 15.2. The van der Waals surface area contributed by atoms with E-state index < -0.39 is 4.92 Å². The van der Waals surface area contributed by atoms with Gasteiger partial charge in [-0.2, -0.15) is 0 Å². The van der Waals surface area contributed by atoms with E-state index in [1.165, 1.54) is 23.1 Å². The molecule has 9 heteroatoms. The first-order valence-electron chi connectivity index (χ1n) is 10.6. The number of non-ortho nitro benzene ring substituents is 1. The summed E-state index contributed by atoms with van der Waals surface area (Å²) in [6, 6.07) is 14.7. The maximum Gasteiger partial charge on any atom is 0.269 e. The lowest BCUT2D eigenvalue weighted by atomic mass is 10.1. The van der Waals surface area contributed by atoms with Crippen molar-refractivity contribution in [1.82, 2.24) is 15.6 Å². The van der Waals surface area contributed by atoms with Crippen LogP contribution in [0.5, 0.6) is 0 Å². The van der Waals surface area contributed by atoms with Gasteiger partial charge in [-0.25, -0.2) is 4.99 Å². The molecule has 0 fully saturated rings. The van der Waals surface area contributed by atoms with E-state index in [9.17, 15) is 10.1 Å². The van der Waals surface area contributed by atoms with Crippen LogP contribution in [-0.4, -0.2) is 42.2 Å². The number of ether oxygens (including phenoxy) is 1. The number of fused-ring (bicyclic) bond motifs is 1. The van der Waals surface area contributed by atoms with Gasteiger partial charge in [-0.3, -0.25) is 10.1 Å². The van der Waals surface area contributed by atoms with Crippen LogP contribution in [0.25, 0.3) is 10.9 Å². The molecule has 1 heterocycles. The molecule has 0 saturated carbocycles. The Morgan fingerprint density at radius 2 is 1.88 bits per heavy atom. The molecule has 0 aliphatic heterocycles. The minimum atomic E-state index is -0.398. The predicted molar refractivity (Wildman–Crippen MR) is 139 cm³/mol. The van der Waals surface area contributed by atoms with Crippen molar-refractivity contribution in [3.63, 3.8) is 0 Å². The maximum absolute atomic E-state index is 10.8. The zero-order chi connectivity index (χ0) is 21.9. The third-order valence-corrected chi connectivity index (χ3v) is 4.89. The summed E-state index contributed by atoms with van der Waals surface area (Å²) in [4.78, 5) is 18.4. The van der Waals surface area contributed by atoms with Crippen LogP contribution in [0.1, 0.15) is 24.5 Å². The number of nitrogens with one attached hydrogen (secondary N) is 3. The van der Waals surface area contributed by atoms with Gasteiger partial charge in [0.05, 0.1) is 11.5 Å². The number of aromatic nitrogens is 1. The van der Waals surface area contributed by atoms with E-state index in [1.807, 2.05) is 19.1 Å². The van der Waals surface area contributed by atoms with Crippen molar-refractivity contribution in [2.75, 3.05) is 26.3 Å². The summed E-state index contributed by atoms with van der Waals surface area (Å²) in [6.45, 7) is 5.32. The lowest BCUT2D eigenvalue weighted by Gasteiger charge is -2.13. The number of aliphatic imine (C=N–C) groups is 1. The first kappa shape index (κ1) is 25.6. The van der Waals surface area contributed by atoms with Crippen molar-refractivity contribution in [3.8, 4) is 0 Å². The fraction of sp³-hybridized carbons (Fsp3) is 0.348. The number of hydrogen-bond acceptors (Lipinski definition) is 4. The number of para-hydroxylation sites is 1. The smallest absolute Gasteiger partial charge is 0.269 e. The summed E-state index contributed by atoms with van der Waals surface area (Å²) in [5, 5.41) is 18.8. The number of aromatic amines is 1. The molecule has 0 aliphatic rings. The molecule has 3 N–H and O–H groups in total. The Morgan fingerprint density at radius 1 is 1.12 bits per heavy atom. The summed E-state index contributed by atoms with van der Waals surface area (Å²) >= 11 is 0. The molecule has 32 heavy (non-hydrogen) atoms. The molecule has 0 unspecified atom stereocenters. The van der Waals surface area contributed by atoms with Gasteiger partial charge in [0.2, 0.25) is 0 Å². The van der Waals surface area contributed by atoms with Crippen LogP contribution in [-0.2, 0) is 17.7 Å². The molecule has 2 aromatic carbocycles. The van der Waals surface area contributed by atoms with Gasteiger partial charge in [-0.15, -0.1) is 24.0 Å². The molecular formula is C23H30IN5O3. The second kappa shape index (κ2) is 13.7. The van der Waals surface area contributed by atoms with E-state index in [0.717, 1.165) is 43.0 Å². The van der Waals surface area contributed by atoms with Gasteiger partial charge in [-0.05, 0) is 37.0 Å². The summed E-state index contributed by atoms with van der Waals surface area (Å²) in [5.74, 6) is 0.717. The van der Waals surface area contributed by atoms with Gasteiger partial charge < -0.3 is 20.4 Å². The van der Waals surface area contributed by atoms with Crippen LogP contribution < -0.4 is 10.6 Å². The third kappa shape index (κ3) is 7.79. The largest absolute Gasteiger partial charge is 0.382 e. The fourth-order valence-corrected chi connectivity index (χ4v) is 3.25. The van der Waals surface area contributed by atoms with Gasteiger partial charge in [0.15, 0.2) is 5.96 Å². The maximum atomic E-state index is 10.8. The number of halogens is 1. The van der Waals surface area contributed by atoms with E-state index in [1.54, 1.807) is 12.1 Å².